The van der Waals surface area contributed by atoms with Gasteiger partial charge in [-0.3, -0.25) is 9.69 Å². The minimum absolute atomic E-state index is 0.0553. The number of hydrogen-bond donors (Lipinski definition) is 1. The summed E-state index contributed by atoms with van der Waals surface area (Å²) in [6.45, 7) is 8.70. The Morgan fingerprint density at radius 2 is 1.40 bits per heavy atom. The normalized spacial score (nSPS) is 17.2. The summed E-state index contributed by atoms with van der Waals surface area (Å²) < 4.78 is 89.7. The van der Waals surface area contributed by atoms with Crippen LogP contribution in [0.2, 0.25) is 0 Å². The molecule has 1 saturated heterocycles. The number of hydrogen-bond acceptors (Lipinski definition) is 6. The van der Waals surface area contributed by atoms with Crippen molar-refractivity contribution >= 4 is 12.1 Å². The number of alkyl halides is 6. The lowest BCUT2D eigenvalue weighted by Gasteiger charge is -2.41. The van der Waals surface area contributed by atoms with Crippen molar-refractivity contribution < 1.29 is 50.5 Å². The molecule has 2 aromatic rings. The van der Waals surface area contributed by atoms with Gasteiger partial charge in [-0.15, -0.1) is 0 Å². The fourth-order valence-corrected chi connectivity index (χ4v) is 4.63. The van der Waals surface area contributed by atoms with Crippen LogP contribution >= 0.6 is 0 Å². The highest BCUT2D eigenvalue weighted by Gasteiger charge is 2.71. The Morgan fingerprint density at radius 1 is 0.881 bits per heavy atom. The van der Waals surface area contributed by atoms with Gasteiger partial charge in [0.05, 0.1) is 13.0 Å². The van der Waals surface area contributed by atoms with Crippen molar-refractivity contribution in [3.63, 3.8) is 0 Å². The van der Waals surface area contributed by atoms with Crippen LogP contribution in [-0.2, 0) is 26.4 Å². The molecule has 13 heteroatoms. The zero-order valence-corrected chi connectivity index (χ0v) is 23.7. The largest absolute Gasteiger partial charge is 0.466 e. The molecule has 7 nitrogen and oxygen atoms in total. The van der Waals surface area contributed by atoms with Crippen LogP contribution in [0.1, 0.15) is 45.2 Å². The lowest BCUT2D eigenvalue weighted by atomic mass is 9.90. The van der Waals surface area contributed by atoms with Crippen molar-refractivity contribution in [1.82, 2.24) is 9.80 Å². The standard InChI is InChI=1S/C29H34F6N2O5/c1-5-41-24(38)16-23-18-37(25(39)42-26(2,3)4)15-14-36(23)17-19-6-8-20(9-7-19)21-10-12-22(13-11-21)27(40,28(30,31)32)29(33,34)35/h6-13,23,40H,5,14-18H2,1-4H3. The number of ether oxygens (including phenoxy) is 2. The number of rotatable bonds is 7. The van der Waals surface area contributed by atoms with Crippen molar-refractivity contribution in [2.75, 3.05) is 26.2 Å². The molecule has 0 bridgehead atoms. The second kappa shape index (κ2) is 12.5. The molecule has 232 valence electrons. The van der Waals surface area contributed by atoms with Gasteiger partial charge >= 0.3 is 24.4 Å². The first-order valence-electron chi connectivity index (χ1n) is 13.3. The number of esters is 1. The molecule has 0 spiro atoms. The molecule has 3 rings (SSSR count). The van der Waals surface area contributed by atoms with Gasteiger partial charge in [0.2, 0.25) is 0 Å². The van der Waals surface area contributed by atoms with Gasteiger partial charge in [-0.2, -0.15) is 26.3 Å². The highest BCUT2D eigenvalue weighted by Crippen LogP contribution is 2.50. The fourth-order valence-electron chi connectivity index (χ4n) is 4.63. The van der Waals surface area contributed by atoms with Gasteiger partial charge in [-0.25, -0.2) is 4.79 Å². The first-order valence-corrected chi connectivity index (χ1v) is 13.3. The van der Waals surface area contributed by atoms with Crippen molar-refractivity contribution in [3.05, 3.63) is 59.7 Å². The molecule has 1 heterocycles. The number of amides is 1. The summed E-state index contributed by atoms with van der Waals surface area (Å²) in [6, 6.07) is 9.87. The maximum Gasteiger partial charge on any atom is 0.430 e. The maximum atomic E-state index is 13.2. The molecule has 1 aliphatic rings. The molecular formula is C29H34F6N2O5. The quantitative estimate of drug-likeness (QED) is 0.307. The lowest BCUT2D eigenvalue weighted by molar-refractivity contribution is -0.376. The molecular weight excluding hydrogens is 570 g/mol. The maximum absolute atomic E-state index is 13.2. The van der Waals surface area contributed by atoms with Crippen LogP contribution in [0.4, 0.5) is 31.1 Å². The van der Waals surface area contributed by atoms with Gasteiger partial charge in [0.25, 0.3) is 5.60 Å². The van der Waals surface area contributed by atoms with Crippen LogP contribution < -0.4 is 0 Å². The van der Waals surface area contributed by atoms with Crippen LogP contribution in [-0.4, -0.2) is 77.2 Å². The van der Waals surface area contributed by atoms with Gasteiger partial charge in [0, 0.05) is 37.8 Å². The second-order valence-corrected chi connectivity index (χ2v) is 11.0. The molecule has 0 aromatic heterocycles. The molecule has 1 atom stereocenters. The number of piperazine rings is 1. The van der Waals surface area contributed by atoms with E-state index in [0.29, 0.717) is 42.9 Å². The molecule has 0 aliphatic carbocycles. The zero-order valence-electron chi connectivity index (χ0n) is 23.7. The second-order valence-electron chi connectivity index (χ2n) is 11.0. The van der Waals surface area contributed by atoms with Crippen molar-refractivity contribution in [2.45, 2.75) is 70.3 Å². The van der Waals surface area contributed by atoms with Gasteiger partial charge in [0.15, 0.2) is 0 Å². The highest BCUT2D eigenvalue weighted by molar-refractivity contribution is 5.71. The minimum atomic E-state index is -5.96. The van der Waals surface area contributed by atoms with Gasteiger partial charge in [0.1, 0.15) is 5.60 Å². The summed E-state index contributed by atoms with van der Waals surface area (Å²) in [5.74, 6) is -0.403. The van der Waals surface area contributed by atoms with Crippen LogP contribution in [0, 0.1) is 0 Å². The van der Waals surface area contributed by atoms with E-state index in [1.165, 1.54) is 0 Å². The minimum Gasteiger partial charge on any atom is -0.466 e. The van der Waals surface area contributed by atoms with Crippen LogP contribution in [0.15, 0.2) is 48.5 Å². The van der Waals surface area contributed by atoms with Gasteiger partial charge < -0.3 is 19.5 Å². The number of benzene rings is 2. The Bertz CT molecular complexity index is 1210. The molecule has 1 fully saturated rings. The predicted octanol–water partition coefficient (Wildman–Crippen LogP) is 6.04. The third kappa shape index (κ3) is 7.74. The summed E-state index contributed by atoms with van der Waals surface area (Å²) in [5, 5.41) is 9.60. The molecule has 2 aromatic carbocycles. The van der Waals surface area contributed by atoms with Crippen LogP contribution in [0.5, 0.6) is 0 Å². The molecule has 1 aliphatic heterocycles. The van der Waals surface area contributed by atoms with E-state index >= 15 is 0 Å². The average Bonchev–Trinajstić information content (AvgIpc) is 2.87. The van der Waals surface area contributed by atoms with Crippen molar-refractivity contribution in [3.8, 4) is 11.1 Å². The smallest absolute Gasteiger partial charge is 0.430 e. The monoisotopic (exact) mass is 604 g/mol. The Kier molecular flexibility index (Phi) is 9.88. The fraction of sp³-hybridized carbons (Fsp3) is 0.517. The highest BCUT2D eigenvalue weighted by atomic mass is 19.4. The van der Waals surface area contributed by atoms with E-state index in [4.69, 9.17) is 9.47 Å². The van der Waals surface area contributed by atoms with Crippen molar-refractivity contribution in [2.24, 2.45) is 0 Å². The summed E-state index contributed by atoms with van der Waals surface area (Å²) in [5.41, 5.74) is -5.28. The average molecular weight is 605 g/mol. The number of carbonyl (C=O) groups is 2. The van der Waals surface area contributed by atoms with E-state index in [-0.39, 0.29) is 25.6 Å². The first-order chi connectivity index (χ1) is 19.4. The predicted molar refractivity (Wildman–Crippen MR) is 141 cm³/mol. The van der Waals surface area contributed by atoms with E-state index in [9.17, 15) is 41.0 Å². The molecule has 1 unspecified atom stereocenters. The van der Waals surface area contributed by atoms with E-state index in [2.05, 4.69) is 0 Å². The Morgan fingerprint density at radius 3 is 1.88 bits per heavy atom. The summed E-state index contributed by atoms with van der Waals surface area (Å²) >= 11 is 0. The number of halogens is 6. The number of aliphatic hydroxyl groups is 1. The Labute approximate surface area is 240 Å². The molecule has 1 amide bonds. The zero-order chi connectivity index (χ0) is 31.5. The third-order valence-electron chi connectivity index (χ3n) is 6.76. The molecule has 1 N–H and O–H groups in total. The first kappa shape index (κ1) is 33.2. The molecule has 42 heavy (non-hydrogen) atoms. The third-order valence-corrected chi connectivity index (χ3v) is 6.76. The summed E-state index contributed by atoms with van der Waals surface area (Å²) in [4.78, 5) is 28.5. The van der Waals surface area contributed by atoms with E-state index in [0.717, 1.165) is 17.7 Å². The number of carbonyl (C=O) groups excluding carboxylic acids is 2. The molecule has 0 radical (unpaired) electrons. The van der Waals surface area contributed by atoms with Crippen molar-refractivity contribution in [1.29, 1.82) is 0 Å². The lowest BCUT2D eigenvalue weighted by Crippen LogP contribution is -2.55. The molecule has 0 saturated carbocycles. The van der Waals surface area contributed by atoms with Gasteiger partial charge in [-0.1, -0.05) is 48.5 Å². The summed E-state index contributed by atoms with van der Waals surface area (Å²) in [7, 11) is 0. The Balaban J connectivity index is 1.75. The van der Waals surface area contributed by atoms with Crippen LogP contribution in [0.3, 0.4) is 0 Å². The van der Waals surface area contributed by atoms with E-state index in [1.807, 2.05) is 4.90 Å². The summed E-state index contributed by atoms with van der Waals surface area (Å²) in [6.07, 6.45) is -12.3. The van der Waals surface area contributed by atoms with Crippen LogP contribution in [0.25, 0.3) is 11.1 Å². The van der Waals surface area contributed by atoms with Gasteiger partial charge in [-0.05, 0) is 44.4 Å². The number of nitrogens with zero attached hydrogens (tertiary/aromatic N) is 2. The topological polar surface area (TPSA) is 79.3 Å². The van der Waals surface area contributed by atoms with E-state index < -0.39 is 41.2 Å². The Hall–Kier alpha value is -3.32. The SMILES string of the molecule is CCOC(=O)CC1CN(C(=O)OC(C)(C)C)CCN1Cc1ccc(-c2ccc(C(O)(C(F)(F)F)C(F)(F)F)cc2)cc1. The van der Waals surface area contributed by atoms with E-state index in [1.54, 1.807) is 56.9 Å².